The molecule has 16 heavy (non-hydrogen) atoms. The van der Waals surface area contributed by atoms with Crippen molar-refractivity contribution in [2.24, 2.45) is 5.92 Å². The van der Waals surface area contributed by atoms with E-state index in [1.165, 1.54) is 19.5 Å². The second-order valence-corrected chi connectivity index (χ2v) is 6.99. The van der Waals surface area contributed by atoms with Crippen LogP contribution in [0.4, 0.5) is 0 Å². The van der Waals surface area contributed by atoms with Gasteiger partial charge in [0.05, 0.1) is 0 Å². The van der Waals surface area contributed by atoms with Crippen LogP contribution < -0.4 is 5.32 Å². The summed E-state index contributed by atoms with van der Waals surface area (Å²) >= 11 is 0. The summed E-state index contributed by atoms with van der Waals surface area (Å²) in [5.74, 6) is 0.723. The average Bonchev–Trinajstić information content (AvgIpc) is 2.20. The quantitative estimate of drug-likeness (QED) is 0.788. The first-order valence-electron chi connectivity index (χ1n) is 6.25. The van der Waals surface area contributed by atoms with Crippen molar-refractivity contribution >= 4 is 10.8 Å². The second-order valence-electron chi connectivity index (χ2n) is 5.19. The molecule has 0 aromatic heterocycles. The van der Waals surface area contributed by atoms with Crippen LogP contribution in [0.2, 0.25) is 0 Å². The summed E-state index contributed by atoms with van der Waals surface area (Å²) in [4.78, 5) is 2.40. The molecule has 1 aliphatic heterocycles. The minimum atomic E-state index is -0.679. The van der Waals surface area contributed by atoms with E-state index in [0.29, 0.717) is 11.3 Å². The zero-order valence-corrected chi connectivity index (χ0v) is 11.8. The Hall–Kier alpha value is 0.0700. The fourth-order valence-electron chi connectivity index (χ4n) is 2.30. The van der Waals surface area contributed by atoms with E-state index in [-0.39, 0.29) is 0 Å². The first-order valence-corrected chi connectivity index (χ1v) is 7.87. The van der Waals surface area contributed by atoms with Gasteiger partial charge in [-0.25, -0.2) is 0 Å². The molecular weight excluding hydrogens is 220 g/mol. The van der Waals surface area contributed by atoms with Crippen molar-refractivity contribution in [3.8, 4) is 0 Å². The Bertz CT molecular complexity index is 235. The monoisotopic (exact) mass is 246 g/mol. The van der Waals surface area contributed by atoms with Crippen LogP contribution in [0.25, 0.3) is 0 Å². The lowest BCUT2D eigenvalue weighted by Gasteiger charge is -2.35. The number of hydrogen-bond donors (Lipinski definition) is 1. The lowest BCUT2D eigenvalue weighted by Crippen LogP contribution is -2.47. The van der Waals surface area contributed by atoms with Crippen LogP contribution in [0, 0.1) is 5.92 Å². The fraction of sp³-hybridized carbons (Fsp3) is 1.00. The number of nitrogens with one attached hydrogen (secondary N) is 1. The largest absolute Gasteiger partial charge is 0.314 e. The van der Waals surface area contributed by atoms with Gasteiger partial charge in [0.25, 0.3) is 0 Å². The molecule has 0 aromatic carbocycles. The molecule has 1 saturated heterocycles. The number of hydrogen-bond acceptors (Lipinski definition) is 3. The maximum Gasteiger partial charge on any atom is 0.0329 e. The van der Waals surface area contributed by atoms with Crippen molar-refractivity contribution in [1.29, 1.82) is 0 Å². The molecule has 3 nitrogen and oxygen atoms in total. The molecule has 0 saturated carbocycles. The molecule has 0 spiro atoms. The molecule has 1 rings (SSSR count). The predicted octanol–water partition coefficient (Wildman–Crippen LogP) is 1.07. The second kappa shape index (κ2) is 6.72. The van der Waals surface area contributed by atoms with Crippen molar-refractivity contribution in [2.75, 3.05) is 32.9 Å². The Morgan fingerprint density at radius 2 is 2.25 bits per heavy atom. The normalized spacial score (nSPS) is 31.2. The summed E-state index contributed by atoms with van der Waals surface area (Å²) in [6.45, 7) is 7.76. The Morgan fingerprint density at radius 1 is 1.56 bits per heavy atom. The average molecular weight is 246 g/mol. The van der Waals surface area contributed by atoms with Gasteiger partial charge < -0.3 is 10.2 Å². The van der Waals surface area contributed by atoms with Gasteiger partial charge in [-0.1, -0.05) is 13.8 Å². The maximum absolute atomic E-state index is 11.2. The van der Waals surface area contributed by atoms with E-state index in [9.17, 15) is 4.21 Å². The molecule has 4 unspecified atom stereocenters. The van der Waals surface area contributed by atoms with E-state index in [4.69, 9.17) is 0 Å². The maximum atomic E-state index is 11.2. The van der Waals surface area contributed by atoms with Gasteiger partial charge in [0.2, 0.25) is 0 Å². The van der Waals surface area contributed by atoms with Crippen LogP contribution in [0.5, 0.6) is 0 Å². The smallest absolute Gasteiger partial charge is 0.0329 e. The molecule has 0 radical (unpaired) electrons. The van der Waals surface area contributed by atoms with Crippen molar-refractivity contribution in [3.05, 3.63) is 0 Å². The molecule has 0 amide bonds. The van der Waals surface area contributed by atoms with E-state index in [1.54, 1.807) is 6.26 Å². The number of rotatable bonds is 5. The molecule has 4 atom stereocenters. The van der Waals surface area contributed by atoms with E-state index >= 15 is 0 Å². The number of nitrogens with zero attached hydrogens (tertiary/aromatic N) is 1. The summed E-state index contributed by atoms with van der Waals surface area (Å²) in [5.41, 5.74) is 0. The van der Waals surface area contributed by atoms with Gasteiger partial charge in [-0.3, -0.25) is 4.21 Å². The van der Waals surface area contributed by atoms with Crippen LogP contribution >= 0.6 is 0 Å². The van der Waals surface area contributed by atoms with Gasteiger partial charge in [0.1, 0.15) is 0 Å². The lowest BCUT2D eigenvalue weighted by molar-refractivity contribution is 0.175. The molecule has 0 bridgehead atoms. The topological polar surface area (TPSA) is 32.3 Å². The lowest BCUT2D eigenvalue weighted by atomic mass is 9.94. The van der Waals surface area contributed by atoms with Gasteiger partial charge in [-0.15, -0.1) is 0 Å². The highest BCUT2D eigenvalue weighted by Crippen LogP contribution is 2.15. The van der Waals surface area contributed by atoms with Crippen molar-refractivity contribution in [1.82, 2.24) is 10.2 Å². The highest BCUT2D eigenvalue weighted by atomic mass is 32.2. The summed E-state index contributed by atoms with van der Waals surface area (Å²) < 4.78 is 11.2. The minimum absolute atomic E-state index is 0.314. The fourth-order valence-corrected chi connectivity index (χ4v) is 2.75. The molecule has 0 aromatic rings. The van der Waals surface area contributed by atoms with Crippen molar-refractivity contribution in [3.63, 3.8) is 0 Å². The molecule has 1 aliphatic rings. The van der Waals surface area contributed by atoms with Gasteiger partial charge in [-0.05, 0) is 38.9 Å². The Labute approximate surface area is 102 Å². The van der Waals surface area contributed by atoms with E-state index in [1.807, 2.05) is 0 Å². The molecule has 0 aliphatic carbocycles. The summed E-state index contributed by atoms with van der Waals surface area (Å²) in [7, 11) is 1.51. The molecule has 4 heteroatoms. The van der Waals surface area contributed by atoms with Crippen molar-refractivity contribution < 1.29 is 4.21 Å². The Balaban J connectivity index is 2.20. The third-order valence-electron chi connectivity index (χ3n) is 3.63. The molecular formula is C12H26N2OS. The molecule has 1 heterocycles. The number of likely N-dealkylation sites (tertiary alicyclic amines) is 1. The van der Waals surface area contributed by atoms with Crippen molar-refractivity contribution in [2.45, 2.75) is 38.0 Å². The van der Waals surface area contributed by atoms with Crippen LogP contribution in [0.1, 0.15) is 26.7 Å². The van der Waals surface area contributed by atoms with Gasteiger partial charge in [0, 0.05) is 34.9 Å². The van der Waals surface area contributed by atoms with E-state index in [0.717, 1.165) is 18.9 Å². The summed E-state index contributed by atoms with van der Waals surface area (Å²) in [6, 6.07) is 0.647. The Morgan fingerprint density at radius 3 is 2.81 bits per heavy atom. The zero-order valence-electron chi connectivity index (χ0n) is 11.0. The first kappa shape index (κ1) is 14.1. The molecule has 1 N–H and O–H groups in total. The highest BCUT2D eigenvalue weighted by molar-refractivity contribution is 7.84. The van der Waals surface area contributed by atoms with Crippen LogP contribution in [0.15, 0.2) is 0 Å². The van der Waals surface area contributed by atoms with Gasteiger partial charge in [-0.2, -0.15) is 0 Å². The van der Waals surface area contributed by atoms with Gasteiger partial charge >= 0.3 is 0 Å². The van der Waals surface area contributed by atoms with E-state index in [2.05, 4.69) is 31.1 Å². The van der Waals surface area contributed by atoms with E-state index < -0.39 is 10.8 Å². The highest BCUT2D eigenvalue weighted by Gasteiger charge is 2.23. The number of piperidine rings is 1. The molecule has 1 fully saturated rings. The SMILES string of the molecule is CC1CN(C)CCC1NCCC(C)S(C)=O. The minimum Gasteiger partial charge on any atom is -0.314 e. The summed E-state index contributed by atoms with van der Waals surface area (Å²) in [5, 5.41) is 3.93. The Kier molecular flexibility index (Phi) is 5.94. The first-order chi connectivity index (χ1) is 7.50. The van der Waals surface area contributed by atoms with Crippen LogP contribution in [-0.4, -0.2) is 53.3 Å². The predicted molar refractivity (Wildman–Crippen MR) is 71.2 cm³/mol. The van der Waals surface area contributed by atoms with Crippen LogP contribution in [0.3, 0.4) is 0 Å². The molecule has 96 valence electrons. The zero-order chi connectivity index (χ0) is 12.1. The van der Waals surface area contributed by atoms with Crippen LogP contribution in [-0.2, 0) is 10.8 Å². The third kappa shape index (κ3) is 4.52. The third-order valence-corrected chi connectivity index (χ3v) is 5.00. The standard InChI is InChI=1S/C12H26N2OS/c1-10-9-14(3)8-6-12(10)13-7-5-11(2)16(4)15/h10-13H,5-9H2,1-4H3. The van der Waals surface area contributed by atoms with Gasteiger partial charge in [0.15, 0.2) is 0 Å². The summed E-state index contributed by atoms with van der Waals surface area (Å²) in [6.07, 6.45) is 4.05.